The van der Waals surface area contributed by atoms with Crippen LogP contribution < -0.4 is 5.73 Å². The molecule has 1 atom stereocenters. The molecule has 1 aromatic carbocycles. The monoisotopic (exact) mass is 205 g/mol. The van der Waals surface area contributed by atoms with Crippen molar-refractivity contribution in [3.8, 4) is 0 Å². The zero-order valence-corrected chi connectivity index (χ0v) is 8.56. The van der Waals surface area contributed by atoms with Crippen molar-refractivity contribution in [2.45, 2.75) is 31.4 Å². The zero-order valence-electron chi connectivity index (χ0n) is 8.56. The summed E-state index contributed by atoms with van der Waals surface area (Å²) in [6, 6.07) is 8.66. The van der Waals surface area contributed by atoms with E-state index in [0.717, 1.165) is 24.8 Å². The Labute approximate surface area is 89.2 Å². The van der Waals surface area contributed by atoms with Crippen LogP contribution in [0.4, 0.5) is 0 Å². The molecular formula is C12H15NO2. The highest BCUT2D eigenvalue weighted by atomic mass is 16.5. The number of benzene rings is 1. The van der Waals surface area contributed by atoms with Gasteiger partial charge in [0.2, 0.25) is 0 Å². The summed E-state index contributed by atoms with van der Waals surface area (Å²) >= 11 is 0. The van der Waals surface area contributed by atoms with Crippen LogP contribution in [0.25, 0.3) is 0 Å². The first-order valence-corrected chi connectivity index (χ1v) is 5.28. The first-order valence-electron chi connectivity index (χ1n) is 5.28. The summed E-state index contributed by atoms with van der Waals surface area (Å²) < 4.78 is 5.24. The van der Waals surface area contributed by atoms with Crippen LogP contribution in [0.3, 0.4) is 0 Å². The molecule has 1 fully saturated rings. The molecule has 0 radical (unpaired) electrons. The van der Waals surface area contributed by atoms with Gasteiger partial charge in [-0.15, -0.1) is 0 Å². The summed E-state index contributed by atoms with van der Waals surface area (Å²) in [4.78, 5) is 11.6. The number of hydrogen-bond donors (Lipinski definition) is 1. The molecule has 2 N–H and O–H groups in total. The Morgan fingerprint density at radius 3 is 2.53 bits per heavy atom. The van der Waals surface area contributed by atoms with Crippen LogP contribution in [-0.4, -0.2) is 12.1 Å². The van der Waals surface area contributed by atoms with Gasteiger partial charge in [-0.1, -0.05) is 30.3 Å². The zero-order chi connectivity index (χ0) is 10.7. The average Bonchev–Trinajstić information content (AvgIpc) is 2.23. The van der Waals surface area contributed by atoms with Gasteiger partial charge in [0.25, 0.3) is 0 Å². The van der Waals surface area contributed by atoms with E-state index in [0.29, 0.717) is 0 Å². The fourth-order valence-electron chi connectivity index (χ4n) is 1.52. The second-order valence-corrected chi connectivity index (χ2v) is 3.88. The predicted octanol–water partition coefficient (Wildman–Crippen LogP) is 1.78. The molecule has 3 heteroatoms. The molecule has 0 aromatic heterocycles. The maximum Gasteiger partial charge on any atom is 0.327 e. The van der Waals surface area contributed by atoms with E-state index in [1.807, 2.05) is 30.3 Å². The third kappa shape index (κ3) is 2.36. The van der Waals surface area contributed by atoms with E-state index < -0.39 is 6.04 Å². The lowest BCUT2D eigenvalue weighted by molar-refractivity contribution is -0.154. The minimum absolute atomic E-state index is 0.104. The minimum Gasteiger partial charge on any atom is -0.461 e. The fourth-order valence-corrected chi connectivity index (χ4v) is 1.52. The number of hydrogen-bond acceptors (Lipinski definition) is 3. The van der Waals surface area contributed by atoms with Gasteiger partial charge in [-0.3, -0.25) is 0 Å². The van der Waals surface area contributed by atoms with E-state index in [-0.39, 0.29) is 12.1 Å². The number of carbonyl (C=O) groups is 1. The average molecular weight is 205 g/mol. The Bertz CT molecular complexity index is 333. The molecule has 0 amide bonds. The van der Waals surface area contributed by atoms with Crippen LogP contribution in [0.5, 0.6) is 0 Å². The van der Waals surface area contributed by atoms with Crippen molar-refractivity contribution in [3.63, 3.8) is 0 Å². The maximum atomic E-state index is 11.6. The molecule has 1 aliphatic carbocycles. The molecular weight excluding hydrogens is 190 g/mol. The lowest BCUT2D eigenvalue weighted by atomic mass is 9.96. The number of rotatable bonds is 3. The fraction of sp³-hybridized carbons (Fsp3) is 0.417. The van der Waals surface area contributed by atoms with Gasteiger partial charge in [-0.2, -0.15) is 0 Å². The van der Waals surface area contributed by atoms with Crippen molar-refractivity contribution in [1.29, 1.82) is 0 Å². The molecule has 1 aliphatic rings. The van der Waals surface area contributed by atoms with E-state index >= 15 is 0 Å². The van der Waals surface area contributed by atoms with E-state index in [1.165, 1.54) is 0 Å². The quantitative estimate of drug-likeness (QED) is 0.765. The molecule has 0 saturated heterocycles. The molecule has 3 nitrogen and oxygen atoms in total. The lowest BCUT2D eigenvalue weighted by Gasteiger charge is -2.26. The Morgan fingerprint density at radius 2 is 2.00 bits per heavy atom. The van der Waals surface area contributed by atoms with Crippen molar-refractivity contribution >= 4 is 5.97 Å². The minimum atomic E-state index is -0.646. The number of esters is 1. The summed E-state index contributed by atoms with van der Waals surface area (Å²) in [7, 11) is 0. The largest absolute Gasteiger partial charge is 0.461 e. The van der Waals surface area contributed by atoms with Gasteiger partial charge < -0.3 is 10.5 Å². The van der Waals surface area contributed by atoms with Crippen molar-refractivity contribution in [2.75, 3.05) is 0 Å². The highest BCUT2D eigenvalue weighted by Gasteiger charge is 2.25. The number of carbonyl (C=O) groups excluding carboxylic acids is 1. The number of nitrogens with two attached hydrogens (primary N) is 1. The van der Waals surface area contributed by atoms with E-state index in [4.69, 9.17) is 10.5 Å². The van der Waals surface area contributed by atoms with Crippen LogP contribution in [0.2, 0.25) is 0 Å². The molecule has 1 aromatic rings. The summed E-state index contributed by atoms with van der Waals surface area (Å²) in [5, 5.41) is 0. The SMILES string of the molecule is N[C@H](C(=O)OC1CCC1)c1ccccc1. The van der Waals surface area contributed by atoms with Crippen LogP contribution in [0.1, 0.15) is 30.9 Å². The molecule has 0 heterocycles. The van der Waals surface area contributed by atoms with Crippen LogP contribution in [0, 0.1) is 0 Å². The summed E-state index contributed by atoms with van der Waals surface area (Å²) in [5.74, 6) is -0.314. The Hall–Kier alpha value is -1.35. The predicted molar refractivity (Wildman–Crippen MR) is 57.1 cm³/mol. The number of ether oxygens (including phenoxy) is 1. The van der Waals surface area contributed by atoms with E-state index in [1.54, 1.807) is 0 Å². The molecule has 0 bridgehead atoms. The van der Waals surface area contributed by atoms with Crippen molar-refractivity contribution in [2.24, 2.45) is 5.73 Å². The first kappa shape index (κ1) is 10.2. The molecule has 0 aliphatic heterocycles. The molecule has 15 heavy (non-hydrogen) atoms. The third-order valence-electron chi connectivity index (χ3n) is 2.75. The van der Waals surface area contributed by atoms with Crippen LogP contribution in [0.15, 0.2) is 30.3 Å². The van der Waals surface area contributed by atoms with Gasteiger partial charge in [0, 0.05) is 0 Å². The molecule has 80 valence electrons. The smallest absolute Gasteiger partial charge is 0.327 e. The molecule has 0 unspecified atom stereocenters. The maximum absolute atomic E-state index is 11.6. The van der Waals surface area contributed by atoms with E-state index in [2.05, 4.69) is 0 Å². The normalized spacial score (nSPS) is 17.9. The standard InChI is InChI=1S/C12H15NO2/c13-11(9-5-2-1-3-6-9)12(14)15-10-7-4-8-10/h1-3,5-6,10-11H,4,7-8,13H2/t11-/m0/s1. The molecule has 2 rings (SSSR count). The second kappa shape index (κ2) is 4.45. The summed E-state index contributed by atoms with van der Waals surface area (Å²) in [6.07, 6.45) is 3.21. The van der Waals surface area contributed by atoms with Gasteiger partial charge >= 0.3 is 5.97 Å². The van der Waals surface area contributed by atoms with Crippen molar-refractivity contribution < 1.29 is 9.53 Å². The van der Waals surface area contributed by atoms with Gasteiger partial charge in [0.15, 0.2) is 0 Å². The van der Waals surface area contributed by atoms with Gasteiger partial charge in [-0.25, -0.2) is 4.79 Å². The second-order valence-electron chi connectivity index (χ2n) is 3.88. The first-order chi connectivity index (χ1) is 7.27. The van der Waals surface area contributed by atoms with E-state index in [9.17, 15) is 4.79 Å². The van der Waals surface area contributed by atoms with Crippen molar-refractivity contribution in [3.05, 3.63) is 35.9 Å². The Balaban J connectivity index is 1.94. The van der Waals surface area contributed by atoms with Gasteiger partial charge in [0.05, 0.1) is 0 Å². The topological polar surface area (TPSA) is 52.3 Å². The molecule has 1 saturated carbocycles. The van der Waals surface area contributed by atoms with Crippen LogP contribution >= 0.6 is 0 Å². The summed E-state index contributed by atoms with van der Waals surface area (Å²) in [5.41, 5.74) is 6.60. The molecule has 0 spiro atoms. The van der Waals surface area contributed by atoms with Gasteiger partial charge in [0.1, 0.15) is 12.1 Å². The Morgan fingerprint density at radius 1 is 1.33 bits per heavy atom. The highest BCUT2D eigenvalue weighted by Crippen LogP contribution is 2.23. The Kier molecular flexibility index (Phi) is 3.02. The summed E-state index contributed by atoms with van der Waals surface area (Å²) in [6.45, 7) is 0. The lowest BCUT2D eigenvalue weighted by Crippen LogP contribution is -2.31. The van der Waals surface area contributed by atoms with Crippen LogP contribution in [-0.2, 0) is 9.53 Å². The van der Waals surface area contributed by atoms with Gasteiger partial charge in [-0.05, 0) is 24.8 Å². The van der Waals surface area contributed by atoms with Crippen molar-refractivity contribution in [1.82, 2.24) is 0 Å². The third-order valence-corrected chi connectivity index (χ3v) is 2.75. The highest BCUT2D eigenvalue weighted by molar-refractivity contribution is 5.77.